The number of anilines is 1. The highest BCUT2D eigenvalue weighted by atomic mass is 32.2. The summed E-state index contributed by atoms with van der Waals surface area (Å²) in [6.07, 6.45) is 4.56. The molecule has 0 unspecified atom stereocenters. The molecular weight excluding hydrogens is 420 g/mol. The first-order chi connectivity index (χ1) is 14.4. The number of hydrogen-bond acceptors (Lipinski definition) is 5. The van der Waals surface area contributed by atoms with Gasteiger partial charge < -0.3 is 10.2 Å². The van der Waals surface area contributed by atoms with E-state index >= 15 is 0 Å². The molecule has 0 bridgehead atoms. The summed E-state index contributed by atoms with van der Waals surface area (Å²) in [6.45, 7) is 0.797. The molecule has 7 nitrogen and oxygen atoms in total. The molecule has 3 aromatic rings. The van der Waals surface area contributed by atoms with Gasteiger partial charge in [0.2, 0.25) is 5.91 Å². The maximum Gasteiger partial charge on any atom is 0.284 e. The summed E-state index contributed by atoms with van der Waals surface area (Å²) < 4.78 is 30.2. The largest absolute Gasteiger partial charge is 0.362 e. The molecule has 4 rings (SSSR count). The lowest BCUT2D eigenvalue weighted by Gasteiger charge is -2.11. The van der Waals surface area contributed by atoms with E-state index in [1.807, 2.05) is 36.2 Å². The number of likely N-dealkylation sites (tertiary alicyclic amines) is 1. The SMILES string of the molecule is CN1CCC/C1=N\S(=O)(=O)c1cccc(NC(=O)/C=C/c2nc3ccccc3s2)c1. The first-order valence-electron chi connectivity index (χ1n) is 9.40. The molecule has 1 saturated heterocycles. The Balaban J connectivity index is 1.48. The molecule has 2 aromatic carbocycles. The zero-order valence-corrected chi connectivity index (χ0v) is 17.9. The average molecular weight is 441 g/mol. The number of amidine groups is 1. The predicted octanol–water partition coefficient (Wildman–Crippen LogP) is 3.76. The van der Waals surface area contributed by atoms with Crippen molar-refractivity contribution < 1.29 is 13.2 Å². The van der Waals surface area contributed by atoms with Gasteiger partial charge in [-0.3, -0.25) is 4.79 Å². The van der Waals surface area contributed by atoms with Crippen molar-refractivity contribution in [1.29, 1.82) is 0 Å². The van der Waals surface area contributed by atoms with Crippen LogP contribution >= 0.6 is 11.3 Å². The molecule has 0 aliphatic carbocycles. The molecule has 1 aliphatic heterocycles. The summed E-state index contributed by atoms with van der Waals surface area (Å²) in [5.74, 6) is 0.189. The Morgan fingerprint density at radius 1 is 1.23 bits per heavy atom. The van der Waals surface area contributed by atoms with Gasteiger partial charge in [-0.2, -0.15) is 8.42 Å². The van der Waals surface area contributed by atoms with E-state index in [1.165, 1.54) is 29.5 Å². The van der Waals surface area contributed by atoms with Crippen molar-refractivity contribution in [2.24, 2.45) is 4.40 Å². The standard InChI is InChI=1S/C21H20N4O3S2/c1-25-13-5-10-19(25)24-30(27,28)16-7-4-6-15(14-16)22-20(26)11-12-21-23-17-8-2-3-9-18(17)29-21/h2-4,6-9,11-12,14H,5,10,13H2,1H3,(H,22,26)/b12-11+,24-19+. The van der Waals surface area contributed by atoms with Gasteiger partial charge in [0.15, 0.2) is 0 Å². The molecule has 0 saturated carbocycles. The molecule has 0 atom stereocenters. The number of para-hydroxylation sites is 1. The van der Waals surface area contributed by atoms with Gasteiger partial charge in [0.05, 0.1) is 15.1 Å². The Kier molecular flexibility index (Phi) is 5.65. The van der Waals surface area contributed by atoms with Crippen LogP contribution in [0.5, 0.6) is 0 Å². The van der Waals surface area contributed by atoms with Crippen LogP contribution in [0.3, 0.4) is 0 Å². The average Bonchev–Trinajstić information content (AvgIpc) is 3.32. The highest BCUT2D eigenvalue weighted by Gasteiger charge is 2.20. The highest BCUT2D eigenvalue weighted by molar-refractivity contribution is 7.90. The van der Waals surface area contributed by atoms with Crippen LogP contribution < -0.4 is 5.32 Å². The predicted molar refractivity (Wildman–Crippen MR) is 120 cm³/mol. The van der Waals surface area contributed by atoms with Crippen LogP contribution in [0.25, 0.3) is 16.3 Å². The molecule has 1 N–H and O–H groups in total. The van der Waals surface area contributed by atoms with E-state index in [4.69, 9.17) is 0 Å². The summed E-state index contributed by atoms with van der Waals surface area (Å²) in [5, 5.41) is 3.41. The molecule has 30 heavy (non-hydrogen) atoms. The normalized spacial score (nSPS) is 16.0. The number of rotatable bonds is 5. The number of aromatic nitrogens is 1. The van der Waals surface area contributed by atoms with Crippen molar-refractivity contribution in [2.75, 3.05) is 18.9 Å². The third-order valence-electron chi connectivity index (χ3n) is 4.65. The molecule has 0 radical (unpaired) electrons. The molecule has 1 fully saturated rings. The molecule has 0 spiro atoms. The number of hydrogen-bond donors (Lipinski definition) is 1. The van der Waals surface area contributed by atoms with Gasteiger partial charge >= 0.3 is 0 Å². The third-order valence-corrected chi connectivity index (χ3v) is 6.95. The lowest BCUT2D eigenvalue weighted by molar-refractivity contribution is -0.111. The molecule has 1 aliphatic rings. The van der Waals surface area contributed by atoms with Crippen molar-refractivity contribution >= 4 is 55.1 Å². The molecule has 154 valence electrons. The fraction of sp³-hybridized carbons (Fsp3) is 0.190. The van der Waals surface area contributed by atoms with E-state index in [-0.39, 0.29) is 10.8 Å². The number of nitrogens with zero attached hydrogens (tertiary/aromatic N) is 3. The van der Waals surface area contributed by atoms with E-state index in [9.17, 15) is 13.2 Å². The zero-order valence-electron chi connectivity index (χ0n) is 16.3. The Morgan fingerprint density at radius 2 is 2.07 bits per heavy atom. The van der Waals surface area contributed by atoms with Gasteiger partial charge in [-0.25, -0.2) is 4.98 Å². The van der Waals surface area contributed by atoms with E-state index in [0.717, 1.165) is 28.2 Å². The quantitative estimate of drug-likeness (QED) is 0.610. The monoisotopic (exact) mass is 440 g/mol. The lowest BCUT2D eigenvalue weighted by atomic mass is 10.3. The summed E-state index contributed by atoms with van der Waals surface area (Å²) in [7, 11) is -2.01. The van der Waals surface area contributed by atoms with Crippen LogP contribution in [0, 0.1) is 0 Å². The Bertz CT molecular complexity index is 1230. The number of nitrogens with one attached hydrogen (secondary N) is 1. The van der Waals surface area contributed by atoms with E-state index in [2.05, 4.69) is 14.7 Å². The number of thiazole rings is 1. The Morgan fingerprint density at radius 3 is 2.83 bits per heavy atom. The van der Waals surface area contributed by atoms with Crippen LogP contribution in [0.15, 0.2) is 63.9 Å². The first-order valence-corrected chi connectivity index (χ1v) is 11.7. The minimum Gasteiger partial charge on any atom is -0.362 e. The molecule has 1 amide bonds. The van der Waals surface area contributed by atoms with Crippen molar-refractivity contribution in [2.45, 2.75) is 17.7 Å². The second-order valence-electron chi connectivity index (χ2n) is 6.88. The Labute approximate surface area is 178 Å². The summed E-state index contributed by atoms with van der Waals surface area (Å²) in [4.78, 5) is 18.6. The van der Waals surface area contributed by atoms with Crippen molar-refractivity contribution in [1.82, 2.24) is 9.88 Å². The molecular formula is C21H20N4O3S2. The second-order valence-corrected chi connectivity index (χ2v) is 9.54. The van der Waals surface area contributed by atoms with Crippen LogP contribution in [0.2, 0.25) is 0 Å². The minimum absolute atomic E-state index is 0.0447. The topological polar surface area (TPSA) is 91.7 Å². The highest BCUT2D eigenvalue weighted by Crippen LogP contribution is 2.23. The van der Waals surface area contributed by atoms with Gasteiger partial charge in [-0.15, -0.1) is 15.7 Å². The number of carbonyl (C=O) groups is 1. The first kappa shape index (κ1) is 20.2. The minimum atomic E-state index is -3.84. The Hall–Kier alpha value is -3.04. The number of sulfonamides is 1. The van der Waals surface area contributed by atoms with E-state index < -0.39 is 10.0 Å². The van der Waals surface area contributed by atoms with Gasteiger partial charge in [-0.05, 0) is 42.8 Å². The second kappa shape index (κ2) is 8.37. The van der Waals surface area contributed by atoms with Crippen molar-refractivity contribution in [3.05, 3.63) is 59.6 Å². The van der Waals surface area contributed by atoms with Crippen LogP contribution in [-0.4, -0.2) is 43.6 Å². The smallest absolute Gasteiger partial charge is 0.284 e. The zero-order chi connectivity index (χ0) is 21.1. The lowest BCUT2D eigenvalue weighted by Crippen LogP contribution is -2.20. The van der Waals surface area contributed by atoms with Crippen molar-refractivity contribution in [3.8, 4) is 0 Å². The van der Waals surface area contributed by atoms with Crippen LogP contribution in [-0.2, 0) is 14.8 Å². The van der Waals surface area contributed by atoms with Crippen LogP contribution in [0.1, 0.15) is 17.8 Å². The molecule has 2 heterocycles. The van der Waals surface area contributed by atoms with Crippen molar-refractivity contribution in [3.63, 3.8) is 0 Å². The maximum atomic E-state index is 12.6. The maximum absolute atomic E-state index is 12.6. The number of benzene rings is 2. The summed E-state index contributed by atoms with van der Waals surface area (Å²) in [6, 6.07) is 13.9. The third kappa shape index (κ3) is 4.58. The van der Waals surface area contributed by atoms with Gasteiger partial charge in [-0.1, -0.05) is 18.2 Å². The number of amides is 1. The number of carbonyl (C=O) groups excluding carboxylic acids is 1. The van der Waals surface area contributed by atoms with Gasteiger partial charge in [0.25, 0.3) is 10.0 Å². The summed E-state index contributed by atoms with van der Waals surface area (Å²) >= 11 is 1.49. The number of fused-ring (bicyclic) bond motifs is 1. The molecule has 1 aromatic heterocycles. The van der Waals surface area contributed by atoms with E-state index in [1.54, 1.807) is 18.2 Å². The summed E-state index contributed by atoms with van der Waals surface area (Å²) in [5.41, 5.74) is 1.27. The van der Waals surface area contributed by atoms with Crippen LogP contribution in [0.4, 0.5) is 5.69 Å². The van der Waals surface area contributed by atoms with Gasteiger partial charge in [0, 0.05) is 31.8 Å². The van der Waals surface area contributed by atoms with E-state index in [0.29, 0.717) is 17.9 Å². The fourth-order valence-corrected chi connectivity index (χ4v) is 5.14. The molecule has 9 heteroatoms. The van der Waals surface area contributed by atoms with Gasteiger partial charge in [0.1, 0.15) is 10.8 Å². The fourth-order valence-electron chi connectivity index (χ4n) is 3.13.